The standard InChI is InChI=1S/C25H27F3N4O3/c1-2-24(17-9-5-3-6-10-17)22(34)32(23(35)30-24)16-21(33)29-19-15-18(25(26,27)28)11-12-20(19)31-13-7-4-8-14-31/h3,5-6,9-12,15H,2,4,7-8,13-14,16H2,1H3,(H,29,33)(H,30,35). The molecular weight excluding hydrogens is 461 g/mol. The lowest BCUT2D eigenvalue weighted by Gasteiger charge is -2.31. The number of hydrogen-bond acceptors (Lipinski definition) is 4. The molecule has 2 aliphatic heterocycles. The molecule has 2 aromatic rings. The quantitative estimate of drug-likeness (QED) is 0.587. The molecular formula is C25H27F3N4O3. The molecule has 0 bridgehead atoms. The summed E-state index contributed by atoms with van der Waals surface area (Å²) in [4.78, 5) is 41.6. The third kappa shape index (κ3) is 4.82. The zero-order valence-electron chi connectivity index (χ0n) is 19.3. The molecule has 2 aromatic carbocycles. The van der Waals surface area contributed by atoms with E-state index < -0.39 is 41.7 Å². The number of piperidine rings is 1. The maximum atomic E-state index is 13.4. The minimum Gasteiger partial charge on any atom is -0.370 e. The van der Waals surface area contributed by atoms with E-state index in [-0.39, 0.29) is 12.1 Å². The number of carbonyl (C=O) groups is 3. The van der Waals surface area contributed by atoms with Crippen molar-refractivity contribution in [3.8, 4) is 0 Å². The second-order valence-corrected chi connectivity index (χ2v) is 8.77. The highest BCUT2D eigenvalue weighted by Gasteiger charge is 2.51. The van der Waals surface area contributed by atoms with E-state index in [0.29, 0.717) is 24.3 Å². The third-order valence-electron chi connectivity index (χ3n) is 6.57. The van der Waals surface area contributed by atoms with Crippen LogP contribution in [0.4, 0.5) is 29.3 Å². The number of benzene rings is 2. The Morgan fingerprint density at radius 1 is 1.06 bits per heavy atom. The Labute approximate surface area is 201 Å². The first-order chi connectivity index (χ1) is 16.7. The molecule has 10 heteroatoms. The topological polar surface area (TPSA) is 81.8 Å². The first-order valence-corrected chi connectivity index (χ1v) is 11.6. The number of halogens is 3. The number of hydrogen-bond donors (Lipinski definition) is 2. The van der Waals surface area contributed by atoms with Crippen LogP contribution in [0.15, 0.2) is 48.5 Å². The predicted octanol–water partition coefficient (Wildman–Crippen LogP) is 4.49. The van der Waals surface area contributed by atoms with Crippen LogP contribution in [0.3, 0.4) is 0 Å². The molecule has 0 aromatic heterocycles. The van der Waals surface area contributed by atoms with Gasteiger partial charge in [-0.3, -0.25) is 14.5 Å². The minimum atomic E-state index is -4.58. The molecule has 0 saturated carbocycles. The van der Waals surface area contributed by atoms with Crippen LogP contribution in [-0.4, -0.2) is 42.4 Å². The Morgan fingerprint density at radius 2 is 1.74 bits per heavy atom. The van der Waals surface area contributed by atoms with Crippen LogP contribution in [0.25, 0.3) is 0 Å². The number of urea groups is 1. The largest absolute Gasteiger partial charge is 0.416 e. The average molecular weight is 489 g/mol. The van der Waals surface area contributed by atoms with Crippen molar-refractivity contribution in [3.63, 3.8) is 0 Å². The molecule has 2 aliphatic rings. The van der Waals surface area contributed by atoms with Crippen molar-refractivity contribution in [3.05, 3.63) is 59.7 Å². The van der Waals surface area contributed by atoms with Gasteiger partial charge in [0.05, 0.1) is 16.9 Å². The second kappa shape index (κ2) is 9.59. The lowest BCUT2D eigenvalue weighted by molar-refractivity contribution is -0.137. The number of nitrogens with zero attached hydrogens (tertiary/aromatic N) is 2. The van der Waals surface area contributed by atoms with Crippen molar-refractivity contribution in [2.24, 2.45) is 0 Å². The lowest BCUT2D eigenvalue weighted by Crippen LogP contribution is -2.44. The van der Waals surface area contributed by atoms with Crippen LogP contribution in [-0.2, 0) is 21.3 Å². The Kier molecular flexibility index (Phi) is 6.73. The number of nitrogens with one attached hydrogen (secondary N) is 2. The van der Waals surface area contributed by atoms with Gasteiger partial charge in [-0.1, -0.05) is 37.3 Å². The highest BCUT2D eigenvalue weighted by molar-refractivity contribution is 6.10. The predicted molar refractivity (Wildman–Crippen MR) is 125 cm³/mol. The summed E-state index contributed by atoms with van der Waals surface area (Å²) in [7, 11) is 0. The molecule has 1 atom stereocenters. The molecule has 2 heterocycles. The van der Waals surface area contributed by atoms with Crippen molar-refractivity contribution in [1.29, 1.82) is 0 Å². The van der Waals surface area contributed by atoms with Crippen molar-refractivity contribution in [2.45, 2.75) is 44.3 Å². The normalized spacial score (nSPS) is 20.7. The van der Waals surface area contributed by atoms with Crippen molar-refractivity contribution in [1.82, 2.24) is 10.2 Å². The zero-order chi connectivity index (χ0) is 25.2. The van der Waals surface area contributed by atoms with Gasteiger partial charge in [0.15, 0.2) is 0 Å². The van der Waals surface area contributed by atoms with Gasteiger partial charge >= 0.3 is 12.2 Å². The lowest BCUT2D eigenvalue weighted by atomic mass is 9.87. The summed E-state index contributed by atoms with van der Waals surface area (Å²) in [6.07, 6.45) is -1.48. The van der Waals surface area contributed by atoms with Crippen LogP contribution in [0.5, 0.6) is 0 Å². The van der Waals surface area contributed by atoms with E-state index >= 15 is 0 Å². The first kappa shape index (κ1) is 24.6. The van der Waals surface area contributed by atoms with Crippen LogP contribution in [0, 0.1) is 0 Å². The number of alkyl halides is 3. The van der Waals surface area contributed by atoms with Gasteiger partial charge in [0.1, 0.15) is 12.1 Å². The van der Waals surface area contributed by atoms with Crippen molar-refractivity contribution >= 4 is 29.2 Å². The summed E-state index contributed by atoms with van der Waals surface area (Å²) < 4.78 is 40.1. The molecule has 4 amide bonds. The van der Waals surface area contributed by atoms with E-state index in [4.69, 9.17) is 0 Å². The van der Waals surface area contributed by atoms with Gasteiger partial charge in [-0.05, 0) is 49.4 Å². The summed E-state index contributed by atoms with van der Waals surface area (Å²) in [5.41, 5.74) is -1.11. The Hall–Kier alpha value is -3.56. The third-order valence-corrected chi connectivity index (χ3v) is 6.57. The van der Waals surface area contributed by atoms with Crippen molar-refractivity contribution in [2.75, 3.05) is 29.9 Å². The van der Waals surface area contributed by atoms with E-state index in [1.807, 2.05) is 4.90 Å². The van der Waals surface area contributed by atoms with Crippen LogP contribution in [0.1, 0.15) is 43.7 Å². The molecule has 2 N–H and O–H groups in total. The molecule has 2 fully saturated rings. The van der Waals surface area contributed by atoms with Crippen LogP contribution >= 0.6 is 0 Å². The molecule has 0 aliphatic carbocycles. The van der Waals surface area contributed by atoms with Crippen molar-refractivity contribution < 1.29 is 27.6 Å². The number of amides is 4. The summed E-state index contributed by atoms with van der Waals surface area (Å²) in [6.45, 7) is 2.46. The van der Waals surface area contributed by atoms with E-state index in [1.165, 1.54) is 6.07 Å². The SMILES string of the molecule is CCC1(c2ccccc2)NC(=O)N(CC(=O)Nc2cc(C(F)(F)F)ccc2N2CCCCC2)C1=O. The summed E-state index contributed by atoms with van der Waals surface area (Å²) in [6, 6.07) is 11.2. The monoisotopic (exact) mass is 488 g/mol. The average Bonchev–Trinajstić information content (AvgIpc) is 3.09. The molecule has 1 unspecified atom stereocenters. The van der Waals surface area contributed by atoms with Gasteiger partial charge in [-0.2, -0.15) is 13.2 Å². The van der Waals surface area contributed by atoms with E-state index in [0.717, 1.165) is 36.3 Å². The Balaban J connectivity index is 1.57. The fraction of sp³-hybridized carbons (Fsp3) is 0.400. The minimum absolute atomic E-state index is 0.00333. The number of imide groups is 1. The number of carbonyl (C=O) groups excluding carboxylic acids is 3. The molecule has 2 saturated heterocycles. The molecule has 0 spiro atoms. The van der Waals surface area contributed by atoms with E-state index in [1.54, 1.807) is 37.3 Å². The van der Waals surface area contributed by atoms with Gasteiger partial charge in [-0.15, -0.1) is 0 Å². The molecule has 186 valence electrons. The highest BCUT2D eigenvalue weighted by Crippen LogP contribution is 2.37. The van der Waals surface area contributed by atoms with Gasteiger partial charge in [0.25, 0.3) is 5.91 Å². The van der Waals surface area contributed by atoms with Gasteiger partial charge < -0.3 is 15.5 Å². The van der Waals surface area contributed by atoms with Gasteiger partial charge in [-0.25, -0.2) is 4.79 Å². The smallest absolute Gasteiger partial charge is 0.370 e. The number of rotatable bonds is 6. The van der Waals surface area contributed by atoms with E-state index in [2.05, 4.69) is 10.6 Å². The second-order valence-electron chi connectivity index (χ2n) is 8.77. The molecule has 7 nitrogen and oxygen atoms in total. The zero-order valence-corrected chi connectivity index (χ0v) is 19.3. The maximum absolute atomic E-state index is 13.4. The fourth-order valence-electron chi connectivity index (χ4n) is 4.69. The summed E-state index contributed by atoms with van der Waals surface area (Å²) in [5.74, 6) is -1.34. The molecule has 0 radical (unpaired) electrons. The van der Waals surface area contributed by atoms with Gasteiger partial charge in [0, 0.05) is 13.1 Å². The van der Waals surface area contributed by atoms with E-state index in [9.17, 15) is 27.6 Å². The van der Waals surface area contributed by atoms with Gasteiger partial charge in [0.2, 0.25) is 5.91 Å². The maximum Gasteiger partial charge on any atom is 0.416 e. The Morgan fingerprint density at radius 3 is 2.37 bits per heavy atom. The number of anilines is 2. The van der Waals surface area contributed by atoms with Crippen LogP contribution in [0.2, 0.25) is 0 Å². The molecule has 35 heavy (non-hydrogen) atoms. The first-order valence-electron chi connectivity index (χ1n) is 11.6. The summed E-state index contributed by atoms with van der Waals surface area (Å²) in [5, 5.41) is 5.21. The Bertz CT molecular complexity index is 1120. The highest BCUT2D eigenvalue weighted by atomic mass is 19.4. The summed E-state index contributed by atoms with van der Waals surface area (Å²) >= 11 is 0. The fourth-order valence-corrected chi connectivity index (χ4v) is 4.69. The molecule has 4 rings (SSSR count). The van der Waals surface area contributed by atoms with Crippen LogP contribution < -0.4 is 15.5 Å².